The van der Waals surface area contributed by atoms with Crippen molar-refractivity contribution < 1.29 is 4.79 Å². The number of hydrogen-bond donors (Lipinski definition) is 0. The Morgan fingerprint density at radius 3 is 2.52 bits per heavy atom. The highest BCUT2D eigenvalue weighted by Gasteiger charge is 2.28. The normalized spacial score (nSPS) is 17.2. The molecule has 1 atom stereocenters. The number of unbranched alkanes of at least 4 members (excludes halogenated alkanes) is 1. The molecule has 1 aliphatic carbocycles. The Labute approximate surface area is 131 Å². The zero-order chi connectivity index (χ0) is 15.7. The zero-order valence-corrected chi connectivity index (χ0v) is 14.4. The van der Waals surface area contributed by atoms with Gasteiger partial charge in [-0.25, -0.2) is 0 Å². The molecule has 1 aliphatic rings. The summed E-state index contributed by atoms with van der Waals surface area (Å²) in [5.74, 6) is 1.25. The summed E-state index contributed by atoms with van der Waals surface area (Å²) in [5.41, 5.74) is 1.33. The van der Waals surface area contributed by atoms with Crippen molar-refractivity contribution in [2.45, 2.75) is 66.2 Å². The summed E-state index contributed by atoms with van der Waals surface area (Å²) in [6.07, 6.45) is 13.6. The van der Waals surface area contributed by atoms with E-state index in [1.807, 2.05) is 0 Å². The Balaban J connectivity index is 2.48. The van der Waals surface area contributed by atoms with Crippen LogP contribution in [0.4, 0.5) is 0 Å². The standard InChI is InChI=1S/C19H33NO/c1-5-7-8-9-10-11-16(3)14-20(15-18-12-13-18)19(21)17(4)6-2/h7-8,11,17-18H,5-6,9-10,12-15H2,1-4H3/b8-7-,16-11-. The summed E-state index contributed by atoms with van der Waals surface area (Å²) < 4.78 is 0. The molecule has 1 saturated carbocycles. The number of carbonyl (C=O) groups excluding carboxylic acids is 1. The van der Waals surface area contributed by atoms with E-state index in [2.05, 4.69) is 50.8 Å². The van der Waals surface area contributed by atoms with Crippen LogP contribution in [-0.4, -0.2) is 23.9 Å². The van der Waals surface area contributed by atoms with Gasteiger partial charge in [-0.15, -0.1) is 0 Å². The van der Waals surface area contributed by atoms with Crippen LogP contribution in [0, 0.1) is 11.8 Å². The van der Waals surface area contributed by atoms with Crippen molar-refractivity contribution >= 4 is 5.91 Å². The van der Waals surface area contributed by atoms with E-state index < -0.39 is 0 Å². The van der Waals surface area contributed by atoms with E-state index >= 15 is 0 Å². The first-order chi connectivity index (χ1) is 10.1. The lowest BCUT2D eigenvalue weighted by Crippen LogP contribution is -2.37. The van der Waals surface area contributed by atoms with Gasteiger partial charge in [-0.1, -0.05) is 44.6 Å². The Kier molecular flexibility index (Phi) is 8.41. The second-order valence-electron chi connectivity index (χ2n) is 6.48. The number of hydrogen-bond acceptors (Lipinski definition) is 1. The fourth-order valence-electron chi connectivity index (χ4n) is 2.41. The molecule has 21 heavy (non-hydrogen) atoms. The molecule has 0 radical (unpaired) electrons. The minimum atomic E-state index is 0.157. The SMILES string of the molecule is CC/C=C\CC/C=C(/C)CN(CC1CC1)C(=O)C(C)CC. The monoisotopic (exact) mass is 291 g/mol. The summed E-state index contributed by atoms with van der Waals surface area (Å²) in [6, 6.07) is 0. The molecule has 0 N–H and O–H groups in total. The average molecular weight is 291 g/mol. The summed E-state index contributed by atoms with van der Waals surface area (Å²) >= 11 is 0. The summed E-state index contributed by atoms with van der Waals surface area (Å²) in [4.78, 5) is 14.6. The molecule has 120 valence electrons. The lowest BCUT2D eigenvalue weighted by molar-refractivity contribution is -0.134. The van der Waals surface area contributed by atoms with Gasteiger partial charge in [-0.2, -0.15) is 0 Å². The molecule has 1 unspecified atom stereocenters. The predicted octanol–water partition coefficient (Wildman–Crippen LogP) is 4.96. The number of amides is 1. The minimum Gasteiger partial charge on any atom is -0.338 e. The third-order valence-electron chi connectivity index (χ3n) is 4.19. The van der Waals surface area contributed by atoms with Crippen LogP contribution in [0.1, 0.15) is 66.2 Å². The molecular formula is C19H33NO. The Hall–Kier alpha value is -1.05. The van der Waals surface area contributed by atoms with Crippen LogP contribution in [0.3, 0.4) is 0 Å². The number of allylic oxidation sites excluding steroid dienone is 3. The largest absolute Gasteiger partial charge is 0.338 e. The number of carbonyl (C=O) groups is 1. The molecule has 0 aromatic carbocycles. The van der Waals surface area contributed by atoms with Crippen LogP contribution < -0.4 is 0 Å². The van der Waals surface area contributed by atoms with Gasteiger partial charge in [0, 0.05) is 19.0 Å². The van der Waals surface area contributed by atoms with E-state index in [9.17, 15) is 4.79 Å². The second kappa shape index (κ2) is 9.81. The topological polar surface area (TPSA) is 20.3 Å². The van der Waals surface area contributed by atoms with Crippen molar-refractivity contribution in [3.63, 3.8) is 0 Å². The van der Waals surface area contributed by atoms with Crippen molar-refractivity contribution in [2.75, 3.05) is 13.1 Å². The van der Waals surface area contributed by atoms with Gasteiger partial charge in [-0.05, 0) is 51.4 Å². The van der Waals surface area contributed by atoms with Gasteiger partial charge in [0.25, 0.3) is 0 Å². The van der Waals surface area contributed by atoms with Crippen LogP contribution in [0.15, 0.2) is 23.8 Å². The lowest BCUT2D eigenvalue weighted by Gasteiger charge is -2.26. The maximum atomic E-state index is 12.5. The average Bonchev–Trinajstić information content (AvgIpc) is 3.28. The molecule has 0 bridgehead atoms. The van der Waals surface area contributed by atoms with Crippen LogP contribution in [0.25, 0.3) is 0 Å². The Bertz CT molecular complexity index is 366. The van der Waals surface area contributed by atoms with E-state index in [4.69, 9.17) is 0 Å². The first-order valence-corrected chi connectivity index (χ1v) is 8.67. The Morgan fingerprint density at radius 1 is 1.24 bits per heavy atom. The van der Waals surface area contributed by atoms with Crippen molar-refractivity contribution in [2.24, 2.45) is 11.8 Å². The summed E-state index contributed by atoms with van der Waals surface area (Å²) in [5, 5.41) is 0. The second-order valence-corrected chi connectivity index (χ2v) is 6.48. The molecule has 1 amide bonds. The van der Waals surface area contributed by atoms with Gasteiger partial charge >= 0.3 is 0 Å². The van der Waals surface area contributed by atoms with Gasteiger partial charge in [0.05, 0.1) is 0 Å². The van der Waals surface area contributed by atoms with Crippen LogP contribution in [-0.2, 0) is 4.79 Å². The smallest absolute Gasteiger partial charge is 0.225 e. The molecule has 1 fully saturated rings. The van der Waals surface area contributed by atoms with E-state index in [0.717, 1.165) is 44.7 Å². The summed E-state index contributed by atoms with van der Waals surface area (Å²) in [7, 11) is 0. The van der Waals surface area contributed by atoms with Crippen molar-refractivity contribution in [3.8, 4) is 0 Å². The van der Waals surface area contributed by atoms with Crippen LogP contribution in [0.5, 0.6) is 0 Å². The maximum absolute atomic E-state index is 12.5. The minimum absolute atomic E-state index is 0.157. The number of rotatable bonds is 10. The van der Waals surface area contributed by atoms with Crippen molar-refractivity contribution in [1.29, 1.82) is 0 Å². The third-order valence-corrected chi connectivity index (χ3v) is 4.19. The van der Waals surface area contributed by atoms with Crippen LogP contribution in [0.2, 0.25) is 0 Å². The predicted molar refractivity (Wildman–Crippen MR) is 91.2 cm³/mol. The molecule has 0 aliphatic heterocycles. The fraction of sp³-hybridized carbons (Fsp3) is 0.737. The third kappa shape index (κ3) is 7.50. The highest BCUT2D eigenvalue weighted by molar-refractivity contribution is 5.78. The molecule has 2 heteroatoms. The summed E-state index contributed by atoms with van der Waals surface area (Å²) in [6.45, 7) is 10.2. The molecule has 1 rings (SSSR count). The quantitative estimate of drug-likeness (QED) is 0.411. The number of nitrogens with zero attached hydrogens (tertiary/aromatic N) is 1. The molecule has 0 heterocycles. The molecule has 0 saturated heterocycles. The van der Waals surface area contributed by atoms with Crippen molar-refractivity contribution in [1.82, 2.24) is 4.90 Å². The highest BCUT2D eigenvalue weighted by atomic mass is 16.2. The van der Waals surface area contributed by atoms with E-state index in [0.29, 0.717) is 5.91 Å². The van der Waals surface area contributed by atoms with E-state index in [1.165, 1.54) is 18.4 Å². The lowest BCUT2D eigenvalue weighted by atomic mass is 10.1. The van der Waals surface area contributed by atoms with Gasteiger partial charge in [-0.3, -0.25) is 4.79 Å². The maximum Gasteiger partial charge on any atom is 0.225 e. The van der Waals surface area contributed by atoms with Gasteiger partial charge in [0.1, 0.15) is 0 Å². The highest BCUT2D eigenvalue weighted by Crippen LogP contribution is 2.30. The first-order valence-electron chi connectivity index (χ1n) is 8.67. The van der Waals surface area contributed by atoms with Gasteiger partial charge in [0.15, 0.2) is 0 Å². The van der Waals surface area contributed by atoms with Gasteiger partial charge < -0.3 is 4.90 Å². The fourth-order valence-corrected chi connectivity index (χ4v) is 2.41. The molecule has 0 aromatic rings. The molecule has 0 spiro atoms. The molecule has 2 nitrogen and oxygen atoms in total. The molecular weight excluding hydrogens is 258 g/mol. The molecule has 0 aromatic heterocycles. The van der Waals surface area contributed by atoms with Crippen molar-refractivity contribution in [3.05, 3.63) is 23.8 Å². The van der Waals surface area contributed by atoms with E-state index in [1.54, 1.807) is 0 Å². The first kappa shape index (κ1) is 18.0. The Morgan fingerprint density at radius 2 is 1.95 bits per heavy atom. The van der Waals surface area contributed by atoms with E-state index in [-0.39, 0.29) is 5.92 Å². The van der Waals surface area contributed by atoms with Gasteiger partial charge in [0.2, 0.25) is 5.91 Å². The zero-order valence-electron chi connectivity index (χ0n) is 14.4. The van der Waals surface area contributed by atoms with Crippen LogP contribution >= 0.6 is 0 Å².